The Kier molecular flexibility index (Phi) is 6.23. The van der Waals surface area contributed by atoms with Gasteiger partial charge < -0.3 is 10.1 Å². The molecule has 0 aromatic heterocycles. The number of nitrogens with one attached hydrogen (secondary N) is 1. The highest BCUT2D eigenvalue weighted by molar-refractivity contribution is 8.00. The molecule has 0 aliphatic rings. The average molecular weight is 329 g/mol. The molecule has 0 aliphatic heterocycles. The van der Waals surface area contributed by atoms with E-state index in [9.17, 15) is 9.59 Å². The van der Waals surface area contributed by atoms with Crippen LogP contribution in [-0.4, -0.2) is 23.7 Å². The molecule has 0 saturated heterocycles. The van der Waals surface area contributed by atoms with Crippen molar-refractivity contribution in [2.24, 2.45) is 0 Å². The topological polar surface area (TPSA) is 55.4 Å². The maximum atomic E-state index is 12.4. The van der Waals surface area contributed by atoms with Crippen molar-refractivity contribution in [3.8, 4) is 0 Å². The number of hydrogen-bond acceptors (Lipinski definition) is 4. The third kappa shape index (κ3) is 4.86. The molecule has 0 radical (unpaired) electrons. The van der Waals surface area contributed by atoms with Gasteiger partial charge in [-0.1, -0.05) is 30.3 Å². The van der Waals surface area contributed by atoms with Gasteiger partial charge in [0, 0.05) is 4.90 Å². The number of rotatable bonds is 6. The Morgan fingerprint density at radius 2 is 1.74 bits per heavy atom. The molecule has 120 valence electrons. The van der Waals surface area contributed by atoms with Crippen LogP contribution in [-0.2, 0) is 9.53 Å². The first kappa shape index (κ1) is 17.1. The van der Waals surface area contributed by atoms with Crippen LogP contribution in [0.5, 0.6) is 0 Å². The summed E-state index contributed by atoms with van der Waals surface area (Å²) in [6.07, 6.45) is 0. The maximum Gasteiger partial charge on any atom is 0.340 e. The van der Waals surface area contributed by atoms with E-state index in [1.54, 1.807) is 31.2 Å². The summed E-state index contributed by atoms with van der Waals surface area (Å²) in [6.45, 7) is 3.87. The monoisotopic (exact) mass is 329 g/mol. The fraction of sp³-hybridized carbons (Fsp3) is 0.222. The molecule has 0 fully saturated rings. The van der Waals surface area contributed by atoms with Gasteiger partial charge >= 0.3 is 5.97 Å². The summed E-state index contributed by atoms with van der Waals surface area (Å²) in [6, 6.07) is 16.6. The van der Waals surface area contributed by atoms with E-state index in [4.69, 9.17) is 4.74 Å². The molecule has 0 aliphatic carbocycles. The van der Waals surface area contributed by atoms with Crippen LogP contribution in [0.1, 0.15) is 24.2 Å². The molecule has 5 heteroatoms. The van der Waals surface area contributed by atoms with Crippen LogP contribution in [0.2, 0.25) is 0 Å². The number of ether oxygens (including phenoxy) is 1. The van der Waals surface area contributed by atoms with Gasteiger partial charge in [-0.05, 0) is 38.1 Å². The van der Waals surface area contributed by atoms with Crippen molar-refractivity contribution in [3.05, 3.63) is 60.2 Å². The summed E-state index contributed by atoms with van der Waals surface area (Å²) in [4.78, 5) is 25.3. The lowest BCUT2D eigenvalue weighted by Crippen LogP contribution is -2.23. The first-order valence-corrected chi connectivity index (χ1v) is 8.28. The van der Waals surface area contributed by atoms with E-state index in [2.05, 4.69) is 5.32 Å². The number of amides is 1. The molecule has 4 nitrogen and oxygen atoms in total. The van der Waals surface area contributed by atoms with Gasteiger partial charge in [0.25, 0.3) is 0 Å². The van der Waals surface area contributed by atoms with E-state index >= 15 is 0 Å². The van der Waals surface area contributed by atoms with Gasteiger partial charge in [-0.25, -0.2) is 4.79 Å². The van der Waals surface area contributed by atoms with Crippen molar-refractivity contribution in [1.82, 2.24) is 0 Å². The minimum absolute atomic E-state index is 0.157. The zero-order valence-electron chi connectivity index (χ0n) is 13.1. The molecule has 1 amide bonds. The van der Waals surface area contributed by atoms with E-state index < -0.39 is 5.97 Å². The molecule has 2 rings (SSSR count). The smallest absolute Gasteiger partial charge is 0.340 e. The summed E-state index contributed by atoms with van der Waals surface area (Å²) in [7, 11) is 0. The summed E-state index contributed by atoms with van der Waals surface area (Å²) >= 11 is 1.47. The van der Waals surface area contributed by atoms with E-state index in [0.29, 0.717) is 17.9 Å². The van der Waals surface area contributed by atoms with Crippen molar-refractivity contribution < 1.29 is 14.3 Å². The molecular weight excluding hydrogens is 310 g/mol. The predicted octanol–water partition coefficient (Wildman–Crippen LogP) is 3.98. The molecular formula is C18H19NO3S. The van der Waals surface area contributed by atoms with Crippen LogP contribution in [0.25, 0.3) is 0 Å². The summed E-state index contributed by atoms with van der Waals surface area (Å²) in [5, 5.41) is 2.52. The van der Waals surface area contributed by atoms with Crippen LogP contribution < -0.4 is 5.32 Å². The second-order valence-electron chi connectivity index (χ2n) is 4.83. The van der Waals surface area contributed by atoms with E-state index in [0.717, 1.165) is 4.90 Å². The lowest BCUT2D eigenvalue weighted by atomic mass is 10.1. The molecule has 0 saturated carbocycles. The molecule has 1 atom stereocenters. The van der Waals surface area contributed by atoms with Crippen molar-refractivity contribution in [3.63, 3.8) is 0 Å². The number of benzene rings is 2. The van der Waals surface area contributed by atoms with Crippen molar-refractivity contribution >= 4 is 29.3 Å². The Morgan fingerprint density at radius 3 is 2.43 bits per heavy atom. The van der Waals surface area contributed by atoms with Gasteiger partial charge in [-0.3, -0.25) is 4.79 Å². The highest BCUT2D eigenvalue weighted by Gasteiger charge is 2.18. The molecule has 1 N–H and O–H groups in total. The molecule has 0 bridgehead atoms. The number of para-hydroxylation sites is 1. The second-order valence-corrected chi connectivity index (χ2v) is 6.24. The molecule has 0 heterocycles. The number of carbonyl (C=O) groups is 2. The van der Waals surface area contributed by atoms with Gasteiger partial charge in [0.2, 0.25) is 5.91 Å². The lowest BCUT2D eigenvalue weighted by molar-refractivity contribution is -0.115. The Bertz CT molecular complexity index is 673. The molecule has 23 heavy (non-hydrogen) atoms. The standard InChI is InChI=1S/C18H19NO3S/c1-3-22-18(21)15-11-7-8-12-16(15)19-17(20)13(2)23-14-9-5-4-6-10-14/h4-13H,3H2,1-2H3,(H,19,20)/t13-/m1/s1. The molecule has 0 spiro atoms. The number of hydrogen-bond donors (Lipinski definition) is 1. The third-order valence-corrected chi connectivity index (χ3v) is 4.22. The maximum absolute atomic E-state index is 12.4. The first-order chi connectivity index (χ1) is 11.1. The van der Waals surface area contributed by atoms with Crippen molar-refractivity contribution in [2.75, 3.05) is 11.9 Å². The Morgan fingerprint density at radius 1 is 1.09 bits per heavy atom. The largest absolute Gasteiger partial charge is 0.462 e. The number of thioether (sulfide) groups is 1. The zero-order valence-corrected chi connectivity index (χ0v) is 13.9. The van der Waals surface area contributed by atoms with Gasteiger partial charge in [0.15, 0.2) is 0 Å². The SMILES string of the molecule is CCOC(=O)c1ccccc1NC(=O)[C@@H](C)Sc1ccccc1. The van der Waals surface area contributed by atoms with Gasteiger partial charge in [-0.2, -0.15) is 0 Å². The lowest BCUT2D eigenvalue weighted by Gasteiger charge is -2.14. The molecule has 2 aromatic rings. The van der Waals surface area contributed by atoms with Crippen molar-refractivity contribution in [2.45, 2.75) is 24.0 Å². The van der Waals surface area contributed by atoms with E-state index in [1.165, 1.54) is 11.8 Å². The second kappa shape index (κ2) is 8.39. The minimum Gasteiger partial charge on any atom is -0.462 e. The van der Waals surface area contributed by atoms with Crippen molar-refractivity contribution in [1.29, 1.82) is 0 Å². The summed E-state index contributed by atoms with van der Waals surface area (Å²) in [5.41, 5.74) is 0.830. The van der Waals surface area contributed by atoms with E-state index in [-0.39, 0.29) is 11.2 Å². The Labute approximate surface area is 140 Å². The predicted molar refractivity (Wildman–Crippen MR) is 92.8 cm³/mol. The zero-order chi connectivity index (χ0) is 16.7. The van der Waals surface area contributed by atoms with Crippen LogP contribution >= 0.6 is 11.8 Å². The van der Waals surface area contributed by atoms with Gasteiger partial charge in [0.05, 0.1) is 23.1 Å². The van der Waals surface area contributed by atoms with Crippen LogP contribution in [0.3, 0.4) is 0 Å². The average Bonchev–Trinajstić information content (AvgIpc) is 2.56. The fourth-order valence-electron chi connectivity index (χ4n) is 1.97. The minimum atomic E-state index is -0.438. The molecule has 0 unspecified atom stereocenters. The van der Waals surface area contributed by atoms with Crippen LogP contribution in [0.4, 0.5) is 5.69 Å². The van der Waals surface area contributed by atoms with E-state index in [1.807, 2.05) is 37.3 Å². The van der Waals surface area contributed by atoms with Gasteiger partial charge in [-0.15, -0.1) is 11.8 Å². The number of esters is 1. The normalized spacial score (nSPS) is 11.6. The first-order valence-electron chi connectivity index (χ1n) is 7.40. The van der Waals surface area contributed by atoms with Crippen LogP contribution in [0.15, 0.2) is 59.5 Å². The summed E-state index contributed by atoms with van der Waals surface area (Å²) < 4.78 is 5.01. The molecule has 2 aromatic carbocycles. The van der Waals surface area contributed by atoms with Gasteiger partial charge in [0.1, 0.15) is 0 Å². The summed E-state index contributed by atoms with van der Waals surface area (Å²) in [5.74, 6) is -0.595. The Hall–Kier alpha value is -2.27. The fourth-order valence-corrected chi connectivity index (χ4v) is 2.86. The highest BCUT2D eigenvalue weighted by atomic mass is 32.2. The number of carbonyl (C=O) groups excluding carboxylic acids is 2. The van der Waals surface area contributed by atoms with Crippen LogP contribution in [0, 0.1) is 0 Å². The Balaban J connectivity index is 2.06. The quantitative estimate of drug-likeness (QED) is 0.643. The number of anilines is 1. The highest BCUT2D eigenvalue weighted by Crippen LogP contribution is 2.24. The third-order valence-electron chi connectivity index (χ3n) is 3.11.